The van der Waals surface area contributed by atoms with Crippen LogP contribution in [0.3, 0.4) is 0 Å². The molecule has 3 aromatic rings. The van der Waals surface area contributed by atoms with Gasteiger partial charge in [0.05, 0.1) is 43.6 Å². The third kappa shape index (κ3) is 6.48. The van der Waals surface area contributed by atoms with Crippen molar-refractivity contribution in [2.24, 2.45) is 0 Å². The van der Waals surface area contributed by atoms with Gasteiger partial charge in [-0.2, -0.15) is 9.97 Å². The normalized spacial score (nSPS) is 13.4. The maximum atomic E-state index is 13.0. The molecule has 0 saturated carbocycles. The molecule has 3 N–H and O–H groups in total. The van der Waals surface area contributed by atoms with Crippen LogP contribution < -0.4 is 30.3 Å². The minimum absolute atomic E-state index is 0.0993. The molecule has 1 aliphatic rings. The van der Waals surface area contributed by atoms with Gasteiger partial charge in [-0.25, -0.2) is 4.40 Å². The fraction of sp³-hybridized carbons (Fsp3) is 0.542. The van der Waals surface area contributed by atoms with Gasteiger partial charge in [0.15, 0.2) is 5.16 Å². The lowest BCUT2D eigenvalue weighted by molar-refractivity contribution is -0.113. The Morgan fingerprint density at radius 3 is 2.45 bits per heavy atom. The summed E-state index contributed by atoms with van der Waals surface area (Å²) >= 11 is 1.25. The molecule has 0 radical (unpaired) electrons. The van der Waals surface area contributed by atoms with Crippen LogP contribution >= 0.6 is 11.8 Å². The first-order valence-electron chi connectivity index (χ1n) is 12.9. The number of aromatic nitrogens is 5. The second kappa shape index (κ2) is 13.3. The molecule has 1 aromatic carbocycles. The van der Waals surface area contributed by atoms with Crippen molar-refractivity contribution in [2.45, 2.75) is 32.9 Å². The molecule has 1 aliphatic heterocycles. The molecule has 0 spiro atoms. The number of thioether (sulfide) groups is 1. The Labute approximate surface area is 226 Å². The Hall–Kier alpha value is -3.52. The van der Waals surface area contributed by atoms with Gasteiger partial charge < -0.3 is 35.1 Å². The van der Waals surface area contributed by atoms with Crippen molar-refractivity contribution in [3.8, 4) is 11.5 Å². The van der Waals surface area contributed by atoms with Crippen LogP contribution in [-0.2, 0) is 9.53 Å². The number of carbonyl (C=O) groups excluding carboxylic acids is 1. The molecule has 3 heterocycles. The van der Waals surface area contributed by atoms with E-state index in [4.69, 9.17) is 14.2 Å². The quantitative estimate of drug-likeness (QED) is 0.272. The van der Waals surface area contributed by atoms with Crippen LogP contribution in [0.1, 0.15) is 27.7 Å². The van der Waals surface area contributed by atoms with Gasteiger partial charge in [-0.15, -0.1) is 10.2 Å². The van der Waals surface area contributed by atoms with E-state index in [9.17, 15) is 4.79 Å². The molecule has 38 heavy (non-hydrogen) atoms. The first-order valence-corrected chi connectivity index (χ1v) is 13.9. The average Bonchev–Trinajstić information content (AvgIpc) is 3.33. The summed E-state index contributed by atoms with van der Waals surface area (Å²) in [5.74, 6) is 2.57. The van der Waals surface area contributed by atoms with Gasteiger partial charge in [0.1, 0.15) is 11.5 Å². The number of benzene rings is 1. The molecular weight excluding hydrogens is 510 g/mol. The number of morpholine rings is 1. The van der Waals surface area contributed by atoms with Crippen LogP contribution in [-0.4, -0.2) is 88.8 Å². The van der Waals surface area contributed by atoms with Gasteiger partial charge in [0.25, 0.3) is 5.78 Å². The summed E-state index contributed by atoms with van der Waals surface area (Å²) in [6, 6.07) is 3.75. The highest BCUT2D eigenvalue weighted by Gasteiger charge is 2.21. The second-order valence-corrected chi connectivity index (χ2v) is 9.11. The van der Waals surface area contributed by atoms with E-state index in [1.807, 2.05) is 39.8 Å². The van der Waals surface area contributed by atoms with Gasteiger partial charge >= 0.3 is 0 Å². The summed E-state index contributed by atoms with van der Waals surface area (Å²) in [5, 5.41) is 18.2. The summed E-state index contributed by atoms with van der Waals surface area (Å²) in [6.45, 7) is 12.9. The maximum absolute atomic E-state index is 13.0. The van der Waals surface area contributed by atoms with Crippen LogP contribution in [0.25, 0.3) is 5.78 Å². The standard InChI is InChI=1S/C24H35N9O4S/c1-5-25-21-28-22(26-6-2)33-23(29-21)30-31-24(33)38-15-20(34)27-16-13-19(37-8-4)17(14-18(16)36-7-3)32-9-11-35-12-10-32/h13-14H,5-12,15H2,1-4H3,(H,27,34)(H2,25,26,28,29,30). The van der Waals surface area contributed by atoms with E-state index >= 15 is 0 Å². The summed E-state index contributed by atoms with van der Waals surface area (Å²) < 4.78 is 19.0. The monoisotopic (exact) mass is 545 g/mol. The molecule has 4 rings (SSSR count). The lowest BCUT2D eigenvalue weighted by atomic mass is 10.2. The highest BCUT2D eigenvalue weighted by atomic mass is 32.2. The Morgan fingerprint density at radius 1 is 1.00 bits per heavy atom. The molecular formula is C24H35N9O4S. The second-order valence-electron chi connectivity index (χ2n) is 8.17. The fourth-order valence-electron chi connectivity index (χ4n) is 3.96. The predicted octanol–water partition coefficient (Wildman–Crippen LogP) is 2.75. The van der Waals surface area contributed by atoms with Crippen molar-refractivity contribution in [2.75, 3.05) is 79.2 Å². The molecule has 2 aromatic heterocycles. The zero-order valence-electron chi connectivity index (χ0n) is 22.2. The number of fused-ring (bicyclic) bond motifs is 1. The van der Waals surface area contributed by atoms with Gasteiger partial charge in [-0.3, -0.25) is 4.79 Å². The lowest BCUT2D eigenvalue weighted by Crippen LogP contribution is -2.36. The van der Waals surface area contributed by atoms with Gasteiger partial charge in [-0.1, -0.05) is 11.8 Å². The molecule has 206 valence electrons. The number of amides is 1. The van der Waals surface area contributed by atoms with Gasteiger partial charge in [-0.05, 0) is 27.7 Å². The highest BCUT2D eigenvalue weighted by Crippen LogP contribution is 2.39. The Kier molecular flexibility index (Phi) is 9.65. The van der Waals surface area contributed by atoms with Crippen molar-refractivity contribution in [1.82, 2.24) is 24.6 Å². The topological polar surface area (TPSA) is 140 Å². The number of carbonyl (C=O) groups is 1. The lowest BCUT2D eigenvalue weighted by Gasteiger charge is -2.31. The van der Waals surface area contributed by atoms with Crippen molar-refractivity contribution in [3.05, 3.63) is 12.1 Å². The van der Waals surface area contributed by atoms with Crippen molar-refractivity contribution >= 4 is 46.7 Å². The Balaban J connectivity index is 1.53. The number of nitrogens with one attached hydrogen (secondary N) is 3. The van der Waals surface area contributed by atoms with Crippen molar-refractivity contribution in [1.29, 1.82) is 0 Å². The summed E-state index contributed by atoms with van der Waals surface area (Å²) in [6.07, 6.45) is 0. The molecule has 0 unspecified atom stereocenters. The summed E-state index contributed by atoms with van der Waals surface area (Å²) in [4.78, 5) is 24.2. The maximum Gasteiger partial charge on any atom is 0.261 e. The van der Waals surface area contributed by atoms with Crippen LogP contribution in [0.2, 0.25) is 0 Å². The first-order chi connectivity index (χ1) is 18.6. The Bertz CT molecular complexity index is 1230. The third-order valence-corrected chi connectivity index (χ3v) is 6.46. The van der Waals surface area contributed by atoms with E-state index in [-0.39, 0.29) is 11.7 Å². The fourth-order valence-corrected chi connectivity index (χ4v) is 4.69. The van der Waals surface area contributed by atoms with E-state index in [2.05, 4.69) is 41.0 Å². The Morgan fingerprint density at radius 2 is 1.74 bits per heavy atom. The minimum atomic E-state index is -0.218. The van der Waals surface area contributed by atoms with Crippen LogP contribution in [0.5, 0.6) is 11.5 Å². The summed E-state index contributed by atoms with van der Waals surface area (Å²) in [5.41, 5.74) is 1.48. The largest absolute Gasteiger partial charge is 0.492 e. The first kappa shape index (κ1) is 27.5. The van der Waals surface area contributed by atoms with E-state index in [1.54, 1.807) is 4.40 Å². The van der Waals surface area contributed by atoms with Gasteiger partial charge in [0, 0.05) is 38.3 Å². The van der Waals surface area contributed by atoms with E-state index in [1.165, 1.54) is 11.8 Å². The SMILES string of the molecule is CCNc1nc(NCC)n2c(SCC(=O)Nc3cc(OCC)c(N4CCOCC4)cc3OCC)nnc2n1. The van der Waals surface area contributed by atoms with E-state index in [0.29, 0.717) is 79.5 Å². The molecule has 0 atom stereocenters. The van der Waals surface area contributed by atoms with E-state index in [0.717, 1.165) is 18.8 Å². The molecule has 13 nitrogen and oxygen atoms in total. The molecule has 14 heteroatoms. The van der Waals surface area contributed by atoms with Crippen molar-refractivity contribution in [3.63, 3.8) is 0 Å². The van der Waals surface area contributed by atoms with Gasteiger partial charge in [0.2, 0.25) is 17.8 Å². The summed E-state index contributed by atoms with van der Waals surface area (Å²) in [7, 11) is 0. The van der Waals surface area contributed by atoms with Crippen molar-refractivity contribution < 1.29 is 19.0 Å². The molecule has 0 bridgehead atoms. The molecule has 0 aliphatic carbocycles. The van der Waals surface area contributed by atoms with Crippen LogP contribution in [0.4, 0.5) is 23.3 Å². The number of ether oxygens (including phenoxy) is 3. The highest BCUT2D eigenvalue weighted by molar-refractivity contribution is 7.99. The van der Waals surface area contributed by atoms with Crippen LogP contribution in [0.15, 0.2) is 17.3 Å². The number of anilines is 4. The molecule has 1 saturated heterocycles. The number of hydrogen-bond acceptors (Lipinski definition) is 12. The van der Waals surface area contributed by atoms with Crippen LogP contribution in [0, 0.1) is 0 Å². The predicted molar refractivity (Wildman–Crippen MR) is 148 cm³/mol. The number of hydrogen-bond donors (Lipinski definition) is 3. The van der Waals surface area contributed by atoms with E-state index < -0.39 is 0 Å². The smallest absolute Gasteiger partial charge is 0.261 e. The average molecular weight is 546 g/mol. The molecule has 1 fully saturated rings. The number of nitrogens with zero attached hydrogens (tertiary/aromatic N) is 6. The zero-order chi connectivity index (χ0) is 26.9. The minimum Gasteiger partial charge on any atom is -0.492 e. The number of rotatable bonds is 13. The zero-order valence-corrected chi connectivity index (χ0v) is 23.1. The third-order valence-electron chi connectivity index (χ3n) is 5.53. The molecule has 1 amide bonds.